The van der Waals surface area contributed by atoms with Crippen LogP contribution < -0.4 is 20.7 Å². The molecule has 1 saturated carbocycles. The highest BCUT2D eigenvalue weighted by Gasteiger charge is 2.26. The van der Waals surface area contributed by atoms with Crippen molar-refractivity contribution in [3.05, 3.63) is 48.2 Å². The molecule has 1 amide bonds. The SMILES string of the molecule is NC(=O)Oc1cc(-c2cnc(Nc3ccc(N4CCN(CC5CC5)CC4)cc3)c3ncnn23)cs1. The van der Waals surface area contributed by atoms with Gasteiger partial charge in [0.1, 0.15) is 6.33 Å². The molecule has 0 unspecified atom stereocenters. The first kappa shape index (κ1) is 21.8. The fraction of sp³-hybridized carbons (Fsp3) is 0.333. The van der Waals surface area contributed by atoms with Gasteiger partial charge in [-0.2, -0.15) is 5.10 Å². The van der Waals surface area contributed by atoms with Gasteiger partial charge in [-0.3, -0.25) is 4.90 Å². The predicted molar refractivity (Wildman–Crippen MR) is 135 cm³/mol. The van der Waals surface area contributed by atoms with Gasteiger partial charge >= 0.3 is 6.09 Å². The van der Waals surface area contributed by atoms with Crippen LogP contribution in [0.5, 0.6) is 5.06 Å². The molecule has 35 heavy (non-hydrogen) atoms. The second-order valence-electron chi connectivity index (χ2n) is 8.97. The molecule has 10 nitrogen and oxygen atoms in total. The summed E-state index contributed by atoms with van der Waals surface area (Å²) in [7, 11) is 0. The Kier molecular flexibility index (Phi) is 5.71. The van der Waals surface area contributed by atoms with Crippen molar-refractivity contribution in [2.75, 3.05) is 42.9 Å². The zero-order valence-electron chi connectivity index (χ0n) is 19.1. The van der Waals surface area contributed by atoms with Crippen LogP contribution in [0.3, 0.4) is 0 Å². The Balaban J connectivity index is 1.15. The molecule has 180 valence electrons. The molecule has 2 aliphatic rings. The molecule has 1 aliphatic carbocycles. The summed E-state index contributed by atoms with van der Waals surface area (Å²) in [4.78, 5) is 25.1. The van der Waals surface area contributed by atoms with Crippen molar-refractivity contribution < 1.29 is 9.53 Å². The van der Waals surface area contributed by atoms with E-state index in [4.69, 9.17) is 10.5 Å². The molecule has 2 fully saturated rings. The third kappa shape index (κ3) is 4.77. The molecule has 0 spiro atoms. The van der Waals surface area contributed by atoms with E-state index >= 15 is 0 Å². The van der Waals surface area contributed by atoms with E-state index in [-0.39, 0.29) is 0 Å². The summed E-state index contributed by atoms with van der Waals surface area (Å²) >= 11 is 1.27. The first-order valence-electron chi connectivity index (χ1n) is 11.7. The Morgan fingerprint density at radius 2 is 1.94 bits per heavy atom. The number of thiophene rings is 1. The first-order chi connectivity index (χ1) is 17.1. The lowest BCUT2D eigenvalue weighted by Gasteiger charge is -2.36. The second kappa shape index (κ2) is 9.16. The summed E-state index contributed by atoms with van der Waals surface area (Å²) in [6.45, 7) is 5.68. The zero-order valence-corrected chi connectivity index (χ0v) is 19.9. The van der Waals surface area contributed by atoms with Crippen molar-refractivity contribution in [3.63, 3.8) is 0 Å². The van der Waals surface area contributed by atoms with Crippen LogP contribution in [0.2, 0.25) is 0 Å². The van der Waals surface area contributed by atoms with Crippen LogP contribution in [0, 0.1) is 5.92 Å². The molecule has 0 atom stereocenters. The van der Waals surface area contributed by atoms with Crippen molar-refractivity contribution in [3.8, 4) is 16.3 Å². The number of anilines is 3. The predicted octanol–water partition coefficient (Wildman–Crippen LogP) is 3.59. The van der Waals surface area contributed by atoms with Crippen LogP contribution in [0.25, 0.3) is 16.9 Å². The van der Waals surface area contributed by atoms with E-state index in [9.17, 15) is 4.79 Å². The molecule has 4 aromatic rings. The Morgan fingerprint density at radius 3 is 2.69 bits per heavy atom. The number of nitrogens with one attached hydrogen (secondary N) is 1. The zero-order chi connectivity index (χ0) is 23.8. The fourth-order valence-electron chi connectivity index (χ4n) is 4.45. The molecule has 3 N–H and O–H groups in total. The van der Waals surface area contributed by atoms with Gasteiger partial charge in [-0.1, -0.05) is 0 Å². The summed E-state index contributed by atoms with van der Waals surface area (Å²) in [6, 6.07) is 10.2. The minimum Gasteiger partial charge on any atom is -0.399 e. The van der Waals surface area contributed by atoms with E-state index in [1.165, 1.54) is 42.7 Å². The number of hydrogen-bond acceptors (Lipinski definition) is 9. The van der Waals surface area contributed by atoms with Crippen molar-refractivity contribution in [2.24, 2.45) is 11.7 Å². The average Bonchev–Trinajstić information content (AvgIpc) is 3.33. The van der Waals surface area contributed by atoms with Crippen LogP contribution in [-0.4, -0.2) is 63.3 Å². The number of carbonyl (C=O) groups excluding carboxylic acids is 1. The number of nitrogens with two attached hydrogens (primary N) is 1. The standard InChI is InChI=1S/C24H26N8O2S/c25-24(33)34-21-11-17(14-35-21)20-12-26-22(23-27-15-28-32(20)23)29-18-3-5-19(6-4-18)31-9-7-30(8-10-31)13-16-1-2-16/h3-6,11-12,14-16H,1-2,7-10,13H2,(H2,25,33)(H,26,29). The average molecular weight is 491 g/mol. The van der Waals surface area contributed by atoms with Gasteiger partial charge in [-0.05, 0) is 43.0 Å². The van der Waals surface area contributed by atoms with Gasteiger partial charge in [0.2, 0.25) is 0 Å². The van der Waals surface area contributed by atoms with Gasteiger partial charge in [0.25, 0.3) is 0 Å². The number of rotatable bonds is 7. The molecule has 0 radical (unpaired) electrons. The summed E-state index contributed by atoms with van der Waals surface area (Å²) < 4.78 is 6.67. The maximum absolute atomic E-state index is 11.0. The molecule has 3 aromatic heterocycles. The monoisotopic (exact) mass is 490 g/mol. The summed E-state index contributed by atoms with van der Waals surface area (Å²) in [6.07, 6.45) is 5.19. The van der Waals surface area contributed by atoms with E-state index < -0.39 is 6.09 Å². The van der Waals surface area contributed by atoms with E-state index in [1.54, 1.807) is 16.8 Å². The van der Waals surface area contributed by atoms with Gasteiger partial charge in [-0.15, -0.1) is 11.3 Å². The van der Waals surface area contributed by atoms with E-state index in [0.717, 1.165) is 49.0 Å². The van der Waals surface area contributed by atoms with Gasteiger partial charge in [0.05, 0.1) is 11.9 Å². The van der Waals surface area contributed by atoms with Crippen LogP contribution in [0.4, 0.5) is 22.0 Å². The van der Waals surface area contributed by atoms with Crippen LogP contribution in [0.1, 0.15) is 12.8 Å². The number of carbonyl (C=O) groups is 1. The lowest BCUT2D eigenvalue weighted by molar-refractivity contribution is 0.212. The summed E-state index contributed by atoms with van der Waals surface area (Å²) in [5.74, 6) is 1.56. The highest BCUT2D eigenvalue weighted by Crippen LogP contribution is 2.32. The number of fused-ring (bicyclic) bond motifs is 1. The molecular weight excluding hydrogens is 464 g/mol. The lowest BCUT2D eigenvalue weighted by Crippen LogP contribution is -2.47. The van der Waals surface area contributed by atoms with Gasteiger partial charge in [0, 0.05) is 61.1 Å². The minimum atomic E-state index is -0.844. The largest absolute Gasteiger partial charge is 0.410 e. The van der Waals surface area contributed by atoms with E-state index in [0.29, 0.717) is 16.5 Å². The number of hydrogen-bond donors (Lipinski definition) is 2. The number of benzene rings is 1. The highest BCUT2D eigenvalue weighted by atomic mass is 32.1. The van der Waals surface area contributed by atoms with Crippen molar-refractivity contribution in [1.29, 1.82) is 0 Å². The minimum absolute atomic E-state index is 0.410. The highest BCUT2D eigenvalue weighted by molar-refractivity contribution is 7.12. The number of aromatic nitrogens is 4. The number of nitrogens with zero attached hydrogens (tertiary/aromatic N) is 6. The smallest absolute Gasteiger partial charge is 0.399 e. The molecule has 1 aliphatic heterocycles. The topological polar surface area (TPSA) is 114 Å². The number of primary amides is 1. The Bertz CT molecular complexity index is 1340. The second-order valence-corrected chi connectivity index (χ2v) is 9.84. The fourth-order valence-corrected chi connectivity index (χ4v) is 5.21. The Labute approximate surface area is 206 Å². The molecular formula is C24H26N8O2S. The van der Waals surface area contributed by atoms with Crippen LogP contribution >= 0.6 is 11.3 Å². The van der Waals surface area contributed by atoms with Crippen LogP contribution in [0.15, 0.2) is 48.2 Å². The van der Waals surface area contributed by atoms with E-state index in [1.807, 2.05) is 5.38 Å². The quantitative estimate of drug-likeness (QED) is 0.404. The third-order valence-electron chi connectivity index (χ3n) is 6.46. The first-order valence-corrected chi connectivity index (χ1v) is 12.6. The molecule has 4 heterocycles. The summed E-state index contributed by atoms with van der Waals surface area (Å²) in [5, 5.41) is 9.99. The molecule has 6 rings (SSSR count). The number of amides is 1. The summed E-state index contributed by atoms with van der Waals surface area (Å²) in [5.41, 5.74) is 9.41. The number of piperazine rings is 1. The maximum Gasteiger partial charge on any atom is 0.410 e. The Morgan fingerprint density at radius 1 is 1.14 bits per heavy atom. The third-order valence-corrected chi connectivity index (χ3v) is 7.26. The lowest BCUT2D eigenvalue weighted by atomic mass is 10.2. The Hall–Kier alpha value is -3.70. The molecule has 1 saturated heterocycles. The van der Waals surface area contributed by atoms with E-state index in [2.05, 4.69) is 54.4 Å². The molecule has 1 aromatic carbocycles. The maximum atomic E-state index is 11.0. The van der Waals surface area contributed by atoms with Gasteiger partial charge < -0.3 is 20.7 Å². The van der Waals surface area contributed by atoms with Gasteiger partial charge in [-0.25, -0.2) is 19.3 Å². The van der Waals surface area contributed by atoms with Crippen molar-refractivity contribution in [2.45, 2.75) is 12.8 Å². The van der Waals surface area contributed by atoms with Crippen LogP contribution in [-0.2, 0) is 0 Å². The molecule has 11 heteroatoms. The van der Waals surface area contributed by atoms with Gasteiger partial charge in [0.15, 0.2) is 16.5 Å². The normalized spacial score (nSPS) is 16.5. The number of ether oxygens (including phenoxy) is 1. The van der Waals surface area contributed by atoms with Crippen molar-refractivity contribution >= 4 is 40.3 Å². The van der Waals surface area contributed by atoms with Crippen molar-refractivity contribution in [1.82, 2.24) is 24.5 Å². The molecule has 0 bridgehead atoms.